The van der Waals surface area contributed by atoms with Crippen molar-refractivity contribution in [3.63, 3.8) is 0 Å². The molecule has 6 nitrogen and oxygen atoms in total. The Labute approximate surface area is 128 Å². The van der Waals surface area contributed by atoms with Crippen LogP contribution in [0.2, 0.25) is 0 Å². The first-order valence-electron chi connectivity index (χ1n) is 7.27. The molecule has 0 bridgehead atoms. The molecule has 1 N–H and O–H groups in total. The largest absolute Gasteiger partial charge is 0.464 e. The first-order valence-corrected chi connectivity index (χ1v) is 7.27. The van der Waals surface area contributed by atoms with E-state index in [2.05, 4.69) is 10.3 Å². The van der Waals surface area contributed by atoms with Crippen LogP contribution in [0.1, 0.15) is 12.0 Å². The summed E-state index contributed by atoms with van der Waals surface area (Å²) in [5, 5.41) is 2.72. The first kappa shape index (κ1) is 14.6. The number of amides is 1. The summed E-state index contributed by atoms with van der Waals surface area (Å²) in [5.74, 6) is 1.06. The Balaban J connectivity index is 1.48. The molecule has 3 heterocycles. The lowest BCUT2D eigenvalue weighted by atomic mass is 10.1. The zero-order chi connectivity index (χ0) is 15.2. The molecular formula is C16H18N2O4. The lowest BCUT2D eigenvalue weighted by Crippen LogP contribution is -2.26. The predicted octanol–water partition coefficient (Wildman–Crippen LogP) is 2.60. The fourth-order valence-electron chi connectivity index (χ4n) is 2.30. The summed E-state index contributed by atoms with van der Waals surface area (Å²) < 4.78 is 15.8. The summed E-state index contributed by atoms with van der Waals surface area (Å²) >= 11 is 0. The van der Waals surface area contributed by atoms with Crippen LogP contribution in [-0.4, -0.2) is 30.9 Å². The van der Waals surface area contributed by atoms with Crippen molar-refractivity contribution < 1.29 is 18.7 Å². The van der Waals surface area contributed by atoms with Crippen LogP contribution in [0.25, 0.3) is 11.3 Å². The van der Waals surface area contributed by atoms with Crippen LogP contribution in [0, 0.1) is 5.92 Å². The smallest absolute Gasteiger partial charge is 0.407 e. The summed E-state index contributed by atoms with van der Waals surface area (Å²) in [6.07, 6.45) is 5.57. The molecule has 1 saturated heterocycles. The highest BCUT2D eigenvalue weighted by molar-refractivity contribution is 5.67. The third kappa shape index (κ3) is 3.85. The van der Waals surface area contributed by atoms with E-state index in [1.165, 1.54) is 0 Å². The van der Waals surface area contributed by atoms with Crippen molar-refractivity contribution in [2.75, 3.05) is 19.8 Å². The molecule has 1 aliphatic rings. The Morgan fingerprint density at radius 3 is 3.18 bits per heavy atom. The number of ether oxygens (including phenoxy) is 2. The second kappa shape index (κ2) is 7.09. The van der Waals surface area contributed by atoms with E-state index in [0.717, 1.165) is 29.9 Å². The van der Waals surface area contributed by atoms with Crippen LogP contribution in [0.15, 0.2) is 41.3 Å². The maximum Gasteiger partial charge on any atom is 0.407 e. The third-order valence-corrected chi connectivity index (χ3v) is 3.51. The quantitative estimate of drug-likeness (QED) is 0.919. The molecule has 1 amide bonds. The molecule has 0 spiro atoms. The van der Waals surface area contributed by atoms with Crippen LogP contribution in [0.5, 0.6) is 0 Å². The Bertz CT molecular complexity index is 606. The topological polar surface area (TPSA) is 73.6 Å². The van der Waals surface area contributed by atoms with E-state index in [4.69, 9.17) is 13.9 Å². The molecule has 0 aliphatic carbocycles. The van der Waals surface area contributed by atoms with Crippen LogP contribution < -0.4 is 5.32 Å². The summed E-state index contributed by atoms with van der Waals surface area (Å²) in [5.41, 5.74) is 1.76. The van der Waals surface area contributed by atoms with Crippen molar-refractivity contribution >= 4 is 6.09 Å². The molecule has 2 aromatic rings. The van der Waals surface area contributed by atoms with Gasteiger partial charge < -0.3 is 19.2 Å². The van der Waals surface area contributed by atoms with Gasteiger partial charge in [0, 0.05) is 37.0 Å². The second-order valence-corrected chi connectivity index (χ2v) is 5.24. The van der Waals surface area contributed by atoms with E-state index >= 15 is 0 Å². The van der Waals surface area contributed by atoms with Crippen molar-refractivity contribution in [2.45, 2.75) is 13.0 Å². The summed E-state index contributed by atoms with van der Waals surface area (Å²) in [7, 11) is 0. The van der Waals surface area contributed by atoms with E-state index in [-0.39, 0.29) is 0 Å². The predicted molar refractivity (Wildman–Crippen MR) is 79.1 cm³/mol. The van der Waals surface area contributed by atoms with E-state index in [1.807, 2.05) is 18.2 Å². The minimum Gasteiger partial charge on any atom is -0.464 e. The Morgan fingerprint density at radius 1 is 1.45 bits per heavy atom. The van der Waals surface area contributed by atoms with Gasteiger partial charge in [0.1, 0.15) is 5.76 Å². The molecule has 1 unspecified atom stereocenters. The lowest BCUT2D eigenvalue weighted by Gasteiger charge is -2.10. The van der Waals surface area contributed by atoms with Gasteiger partial charge in [-0.15, -0.1) is 0 Å². The van der Waals surface area contributed by atoms with Gasteiger partial charge in [-0.05, 0) is 30.2 Å². The van der Waals surface area contributed by atoms with Gasteiger partial charge in [-0.2, -0.15) is 0 Å². The number of nitrogens with one attached hydrogen (secondary N) is 1. The van der Waals surface area contributed by atoms with Crippen LogP contribution in [-0.2, 0) is 16.0 Å². The molecule has 2 aromatic heterocycles. The van der Waals surface area contributed by atoms with E-state index < -0.39 is 6.09 Å². The van der Waals surface area contributed by atoms with Gasteiger partial charge in [-0.3, -0.25) is 4.98 Å². The zero-order valence-corrected chi connectivity index (χ0v) is 12.2. The molecule has 0 saturated carbocycles. The minimum atomic E-state index is -0.421. The van der Waals surface area contributed by atoms with Gasteiger partial charge in [-0.1, -0.05) is 0 Å². The number of furan rings is 1. The highest BCUT2D eigenvalue weighted by Gasteiger charge is 2.17. The van der Waals surface area contributed by atoms with Gasteiger partial charge in [0.25, 0.3) is 0 Å². The third-order valence-electron chi connectivity index (χ3n) is 3.51. The molecule has 116 valence electrons. The van der Waals surface area contributed by atoms with Gasteiger partial charge in [0.15, 0.2) is 0 Å². The average molecular weight is 302 g/mol. The SMILES string of the molecule is O=C(NCc1cncc(-c2ccco2)c1)OCC1CCOC1. The maximum absolute atomic E-state index is 11.7. The molecule has 3 rings (SSSR count). The van der Waals surface area contributed by atoms with Crippen LogP contribution >= 0.6 is 0 Å². The number of nitrogens with zero attached hydrogens (tertiary/aromatic N) is 1. The molecular weight excluding hydrogens is 284 g/mol. The van der Waals surface area contributed by atoms with E-state index in [0.29, 0.717) is 25.7 Å². The number of hydrogen-bond acceptors (Lipinski definition) is 5. The summed E-state index contributed by atoms with van der Waals surface area (Å²) in [6.45, 7) is 2.18. The van der Waals surface area contributed by atoms with Crippen LogP contribution in [0.4, 0.5) is 4.79 Å². The van der Waals surface area contributed by atoms with Gasteiger partial charge in [0.05, 0.1) is 19.5 Å². The lowest BCUT2D eigenvalue weighted by molar-refractivity contribution is 0.116. The standard InChI is InChI=1S/C16H18N2O4/c19-16(22-11-12-3-5-20-10-12)18-8-13-6-14(9-17-7-13)15-2-1-4-21-15/h1-2,4,6-7,9,12H,3,5,8,10-11H2,(H,18,19). The second-order valence-electron chi connectivity index (χ2n) is 5.24. The number of carbonyl (C=O) groups is 1. The maximum atomic E-state index is 11.7. The summed E-state index contributed by atoms with van der Waals surface area (Å²) in [6, 6.07) is 5.62. The van der Waals surface area contributed by atoms with Crippen molar-refractivity contribution in [3.8, 4) is 11.3 Å². The van der Waals surface area contributed by atoms with Crippen molar-refractivity contribution in [3.05, 3.63) is 42.4 Å². The first-order chi connectivity index (χ1) is 10.8. The number of hydrogen-bond donors (Lipinski definition) is 1. The fraction of sp³-hybridized carbons (Fsp3) is 0.375. The molecule has 0 aromatic carbocycles. The zero-order valence-electron chi connectivity index (χ0n) is 12.2. The van der Waals surface area contributed by atoms with E-state index in [9.17, 15) is 4.79 Å². The number of aromatic nitrogens is 1. The average Bonchev–Trinajstić information content (AvgIpc) is 3.24. The van der Waals surface area contributed by atoms with Gasteiger partial charge in [-0.25, -0.2) is 4.79 Å². The highest BCUT2D eigenvalue weighted by atomic mass is 16.6. The Morgan fingerprint density at radius 2 is 2.41 bits per heavy atom. The highest BCUT2D eigenvalue weighted by Crippen LogP contribution is 2.19. The molecule has 22 heavy (non-hydrogen) atoms. The number of alkyl carbamates (subject to hydrolysis) is 1. The van der Waals surface area contributed by atoms with Crippen molar-refractivity contribution in [1.29, 1.82) is 0 Å². The fourth-order valence-corrected chi connectivity index (χ4v) is 2.30. The van der Waals surface area contributed by atoms with Gasteiger partial charge in [0.2, 0.25) is 0 Å². The van der Waals surface area contributed by atoms with Crippen molar-refractivity contribution in [1.82, 2.24) is 10.3 Å². The molecule has 0 radical (unpaired) electrons. The molecule has 1 atom stereocenters. The Hall–Kier alpha value is -2.34. The molecule has 1 aliphatic heterocycles. The van der Waals surface area contributed by atoms with Crippen molar-refractivity contribution in [2.24, 2.45) is 5.92 Å². The molecule has 6 heteroatoms. The number of carbonyl (C=O) groups excluding carboxylic acids is 1. The Kier molecular flexibility index (Phi) is 4.70. The monoisotopic (exact) mass is 302 g/mol. The number of rotatable bonds is 5. The van der Waals surface area contributed by atoms with E-state index in [1.54, 1.807) is 18.7 Å². The van der Waals surface area contributed by atoms with Crippen LogP contribution in [0.3, 0.4) is 0 Å². The number of pyridine rings is 1. The minimum absolute atomic E-state index is 0.315. The normalized spacial score (nSPS) is 17.4. The molecule has 1 fully saturated rings. The van der Waals surface area contributed by atoms with Gasteiger partial charge >= 0.3 is 6.09 Å². The summed E-state index contributed by atoms with van der Waals surface area (Å²) in [4.78, 5) is 15.8.